The van der Waals surface area contributed by atoms with E-state index in [0.29, 0.717) is 0 Å². The number of hydrogen-bond acceptors (Lipinski definition) is 3. The molecule has 0 amide bonds. The van der Waals surface area contributed by atoms with Crippen LogP contribution in [0.2, 0.25) is 0 Å². The van der Waals surface area contributed by atoms with E-state index in [-0.39, 0.29) is 19.0 Å². The summed E-state index contributed by atoms with van der Waals surface area (Å²) in [6, 6.07) is 6.64. The Morgan fingerprint density at radius 3 is 2.11 bits per heavy atom. The van der Waals surface area contributed by atoms with Crippen molar-refractivity contribution < 1.29 is 31.8 Å². The molecule has 18 heavy (non-hydrogen) atoms. The lowest BCUT2D eigenvalue weighted by molar-refractivity contribution is -0.363. The van der Waals surface area contributed by atoms with E-state index >= 15 is 0 Å². The van der Waals surface area contributed by atoms with Crippen LogP contribution in [0.5, 0.6) is 5.75 Å². The molecule has 2 rings (SSSR count). The van der Waals surface area contributed by atoms with Gasteiger partial charge < -0.3 is 14.2 Å². The summed E-state index contributed by atoms with van der Waals surface area (Å²) in [5.74, 6) is -4.93. The molecule has 100 valence electrons. The molecule has 1 aliphatic heterocycles. The topological polar surface area (TPSA) is 27.7 Å². The Morgan fingerprint density at radius 2 is 1.56 bits per heavy atom. The highest BCUT2D eigenvalue weighted by atomic mass is 19.3. The van der Waals surface area contributed by atoms with E-state index in [1.807, 2.05) is 0 Å². The predicted molar refractivity (Wildman–Crippen MR) is 52.7 cm³/mol. The maximum absolute atomic E-state index is 13.5. The van der Waals surface area contributed by atoms with Crippen molar-refractivity contribution >= 4 is 0 Å². The number of hydrogen-bond donors (Lipinski definition) is 0. The van der Waals surface area contributed by atoms with Gasteiger partial charge in [-0.05, 0) is 12.1 Å². The summed E-state index contributed by atoms with van der Waals surface area (Å²) in [4.78, 5) is 0. The quantitative estimate of drug-likeness (QED) is 0.784. The fourth-order valence-corrected chi connectivity index (χ4v) is 1.41. The molecule has 1 aromatic carbocycles. The smallest absolute Gasteiger partial charge is 0.428 e. The van der Waals surface area contributed by atoms with Crippen LogP contribution in [0.15, 0.2) is 30.3 Å². The first-order valence-electron chi connectivity index (χ1n) is 5.16. The van der Waals surface area contributed by atoms with E-state index < -0.39 is 18.3 Å². The molecule has 0 aliphatic carbocycles. The van der Waals surface area contributed by atoms with Crippen molar-refractivity contribution in [1.82, 2.24) is 0 Å². The molecule has 1 saturated heterocycles. The van der Waals surface area contributed by atoms with E-state index in [4.69, 9.17) is 0 Å². The molecule has 7 heteroatoms. The van der Waals surface area contributed by atoms with E-state index in [9.17, 15) is 17.6 Å². The third-order valence-electron chi connectivity index (χ3n) is 2.30. The van der Waals surface area contributed by atoms with Gasteiger partial charge in [0.25, 0.3) is 0 Å². The summed E-state index contributed by atoms with van der Waals surface area (Å²) in [6.07, 6.45) is -7.01. The van der Waals surface area contributed by atoms with Crippen LogP contribution in [0.1, 0.15) is 0 Å². The third-order valence-corrected chi connectivity index (χ3v) is 2.30. The largest absolute Gasteiger partial charge is 0.469 e. The molecule has 1 aliphatic rings. The highest BCUT2D eigenvalue weighted by Crippen LogP contribution is 2.41. The number of benzene rings is 1. The first-order chi connectivity index (χ1) is 8.43. The van der Waals surface area contributed by atoms with Gasteiger partial charge in [-0.1, -0.05) is 18.2 Å². The molecular weight excluding hydrogens is 256 g/mol. The fourth-order valence-electron chi connectivity index (χ4n) is 1.41. The molecule has 1 heterocycles. The van der Waals surface area contributed by atoms with Crippen LogP contribution in [0.3, 0.4) is 0 Å². The van der Waals surface area contributed by atoms with Crippen LogP contribution in [0, 0.1) is 0 Å². The van der Waals surface area contributed by atoms with Gasteiger partial charge in [-0.2, -0.15) is 17.6 Å². The second kappa shape index (κ2) is 4.74. The SMILES string of the molecule is FC(F)(Oc1ccccc1)C(F)(F)C1OCCO1. The molecule has 0 radical (unpaired) electrons. The molecule has 0 unspecified atom stereocenters. The van der Waals surface area contributed by atoms with Gasteiger partial charge in [0.05, 0.1) is 13.2 Å². The lowest BCUT2D eigenvalue weighted by atomic mass is 10.3. The predicted octanol–water partition coefficient (Wildman–Crippen LogP) is 2.67. The van der Waals surface area contributed by atoms with Gasteiger partial charge in [-0.25, -0.2) is 0 Å². The molecule has 1 fully saturated rings. The van der Waals surface area contributed by atoms with Gasteiger partial charge in [-0.15, -0.1) is 0 Å². The number of alkyl halides is 4. The summed E-state index contributed by atoms with van der Waals surface area (Å²) in [7, 11) is 0. The van der Waals surface area contributed by atoms with E-state index in [2.05, 4.69) is 14.2 Å². The van der Waals surface area contributed by atoms with Crippen LogP contribution in [0.25, 0.3) is 0 Å². The molecule has 1 aromatic rings. The van der Waals surface area contributed by atoms with E-state index in [1.54, 1.807) is 6.07 Å². The van der Waals surface area contributed by atoms with Gasteiger partial charge in [0, 0.05) is 0 Å². The number of ether oxygens (including phenoxy) is 3. The Morgan fingerprint density at radius 1 is 1.00 bits per heavy atom. The zero-order valence-corrected chi connectivity index (χ0v) is 9.11. The minimum Gasteiger partial charge on any atom is -0.428 e. The van der Waals surface area contributed by atoms with Gasteiger partial charge in [0.1, 0.15) is 5.75 Å². The lowest BCUT2D eigenvalue weighted by Gasteiger charge is -2.29. The Hall–Kier alpha value is -1.34. The molecular formula is C11H10F4O3. The summed E-state index contributed by atoms with van der Waals surface area (Å²) in [5, 5.41) is 0. The van der Waals surface area contributed by atoms with Crippen molar-refractivity contribution in [2.45, 2.75) is 18.3 Å². The van der Waals surface area contributed by atoms with Crippen molar-refractivity contribution in [3.8, 4) is 5.75 Å². The first kappa shape index (κ1) is 13.1. The van der Waals surface area contributed by atoms with Crippen LogP contribution < -0.4 is 4.74 Å². The minimum atomic E-state index is -4.72. The third kappa shape index (κ3) is 2.41. The van der Waals surface area contributed by atoms with Gasteiger partial charge in [0.2, 0.25) is 6.29 Å². The normalized spacial score (nSPS) is 18.0. The summed E-state index contributed by atoms with van der Waals surface area (Å²) in [6.45, 7) is -0.302. The van der Waals surface area contributed by atoms with Crippen LogP contribution in [-0.4, -0.2) is 31.5 Å². The zero-order valence-electron chi connectivity index (χ0n) is 9.11. The van der Waals surface area contributed by atoms with Crippen molar-refractivity contribution in [2.24, 2.45) is 0 Å². The van der Waals surface area contributed by atoms with Crippen molar-refractivity contribution in [2.75, 3.05) is 13.2 Å². The molecule has 0 spiro atoms. The maximum Gasteiger partial charge on any atom is 0.469 e. The summed E-state index contributed by atoms with van der Waals surface area (Å²) in [5.41, 5.74) is 0. The molecule has 3 nitrogen and oxygen atoms in total. The highest BCUT2D eigenvalue weighted by molar-refractivity contribution is 5.21. The molecule has 0 atom stereocenters. The highest BCUT2D eigenvalue weighted by Gasteiger charge is 2.66. The van der Waals surface area contributed by atoms with Gasteiger partial charge >= 0.3 is 12.0 Å². The van der Waals surface area contributed by atoms with Crippen molar-refractivity contribution in [3.05, 3.63) is 30.3 Å². The second-order valence-electron chi connectivity index (χ2n) is 3.63. The Labute approximate surface area is 100 Å². The first-order valence-corrected chi connectivity index (χ1v) is 5.16. The zero-order chi connectivity index (χ0) is 13.2. The maximum atomic E-state index is 13.5. The van der Waals surface area contributed by atoms with E-state index in [1.165, 1.54) is 12.1 Å². The average molecular weight is 266 g/mol. The number of rotatable bonds is 4. The Balaban J connectivity index is 2.13. The van der Waals surface area contributed by atoms with Crippen LogP contribution in [0.4, 0.5) is 17.6 Å². The summed E-state index contributed by atoms with van der Waals surface area (Å²) < 4.78 is 66.6. The Bertz CT molecular complexity index is 391. The minimum absolute atomic E-state index is 0.151. The van der Waals surface area contributed by atoms with Crippen LogP contribution >= 0.6 is 0 Å². The molecule has 0 bridgehead atoms. The summed E-state index contributed by atoms with van der Waals surface area (Å²) >= 11 is 0. The number of para-hydroxylation sites is 1. The molecule has 0 N–H and O–H groups in total. The molecule has 0 saturated carbocycles. The lowest BCUT2D eigenvalue weighted by Crippen LogP contribution is -2.53. The fraction of sp³-hybridized carbons (Fsp3) is 0.455. The van der Waals surface area contributed by atoms with Crippen molar-refractivity contribution in [1.29, 1.82) is 0 Å². The molecule has 0 aromatic heterocycles. The second-order valence-corrected chi connectivity index (χ2v) is 3.63. The van der Waals surface area contributed by atoms with E-state index in [0.717, 1.165) is 12.1 Å². The Kier molecular flexibility index (Phi) is 3.45. The van der Waals surface area contributed by atoms with Gasteiger partial charge in [-0.3, -0.25) is 0 Å². The van der Waals surface area contributed by atoms with Gasteiger partial charge in [0.15, 0.2) is 0 Å². The van der Waals surface area contributed by atoms with Crippen molar-refractivity contribution in [3.63, 3.8) is 0 Å². The monoisotopic (exact) mass is 266 g/mol. The number of halogens is 4. The standard InChI is InChI=1S/C11H10F4O3/c12-10(13,9-16-6-7-17-9)11(14,15)18-8-4-2-1-3-5-8/h1-5,9H,6-7H2. The average Bonchev–Trinajstić information content (AvgIpc) is 2.83. The van der Waals surface area contributed by atoms with Crippen LogP contribution in [-0.2, 0) is 9.47 Å².